The number of rotatable bonds is 2. The van der Waals surface area contributed by atoms with E-state index in [2.05, 4.69) is 11.8 Å². The SMILES string of the molecule is CC(N)C1CCN(C(=O)C2CCCCC2)CC1. The summed E-state index contributed by atoms with van der Waals surface area (Å²) in [5, 5.41) is 0. The Morgan fingerprint density at radius 1 is 1.12 bits per heavy atom. The second-order valence-electron chi connectivity index (χ2n) is 5.86. The number of carbonyl (C=O) groups is 1. The van der Waals surface area contributed by atoms with Gasteiger partial charge in [0.2, 0.25) is 5.91 Å². The summed E-state index contributed by atoms with van der Waals surface area (Å²) in [7, 11) is 0. The molecule has 0 radical (unpaired) electrons. The van der Waals surface area contributed by atoms with Crippen molar-refractivity contribution < 1.29 is 4.79 Å². The maximum Gasteiger partial charge on any atom is 0.225 e. The zero-order valence-electron chi connectivity index (χ0n) is 11.0. The second kappa shape index (κ2) is 5.85. The van der Waals surface area contributed by atoms with Gasteiger partial charge in [-0.05, 0) is 38.5 Å². The predicted molar refractivity (Wildman–Crippen MR) is 69.5 cm³/mol. The molecule has 1 aliphatic heterocycles. The molecule has 1 atom stereocenters. The average molecular weight is 238 g/mol. The molecule has 17 heavy (non-hydrogen) atoms. The van der Waals surface area contributed by atoms with E-state index < -0.39 is 0 Å². The Bertz CT molecular complexity index is 251. The first-order valence-corrected chi connectivity index (χ1v) is 7.23. The highest BCUT2D eigenvalue weighted by Gasteiger charge is 2.29. The minimum absolute atomic E-state index is 0.280. The first kappa shape index (κ1) is 12.9. The van der Waals surface area contributed by atoms with Crippen molar-refractivity contribution in [2.75, 3.05) is 13.1 Å². The normalized spacial score (nSPS) is 25.9. The fourth-order valence-corrected chi connectivity index (χ4v) is 3.25. The fraction of sp³-hybridized carbons (Fsp3) is 0.929. The molecule has 2 rings (SSSR count). The topological polar surface area (TPSA) is 46.3 Å². The van der Waals surface area contributed by atoms with Crippen molar-refractivity contribution in [1.82, 2.24) is 4.90 Å². The Morgan fingerprint density at radius 2 is 1.71 bits per heavy atom. The van der Waals surface area contributed by atoms with Crippen molar-refractivity contribution >= 4 is 5.91 Å². The van der Waals surface area contributed by atoms with Crippen LogP contribution in [0.4, 0.5) is 0 Å². The third-order valence-corrected chi connectivity index (χ3v) is 4.55. The van der Waals surface area contributed by atoms with Crippen molar-refractivity contribution in [3.8, 4) is 0 Å². The van der Waals surface area contributed by atoms with Crippen LogP contribution in [0.3, 0.4) is 0 Å². The zero-order chi connectivity index (χ0) is 12.3. The quantitative estimate of drug-likeness (QED) is 0.801. The molecule has 1 heterocycles. The van der Waals surface area contributed by atoms with Crippen LogP contribution in [-0.2, 0) is 4.79 Å². The van der Waals surface area contributed by atoms with E-state index >= 15 is 0 Å². The van der Waals surface area contributed by atoms with Crippen LogP contribution in [0.25, 0.3) is 0 Å². The van der Waals surface area contributed by atoms with Crippen molar-refractivity contribution in [3.05, 3.63) is 0 Å². The van der Waals surface area contributed by atoms with Crippen LogP contribution >= 0.6 is 0 Å². The molecule has 98 valence electrons. The molecule has 2 N–H and O–H groups in total. The van der Waals surface area contributed by atoms with Gasteiger partial charge in [0.1, 0.15) is 0 Å². The van der Waals surface area contributed by atoms with E-state index in [0.717, 1.165) is 38.8 Å². The van der Waals surface area contributed by atoms with Gasteiger partial charge in [-0.1, -0.05) is 19.3 Å². The van der Waals surface area contributed by atoms with Crippen LogP contribution in [0, 0.1) is 11.8 Å². The molecule has 3 heteroatoms. The summed E-state index contributed by atoms with van der Waals surface area (Å²) in [5.41, 5.74) is 5.93. The highest BCUT2D eigenvalue weighted by molar-refractivity contribution is 5.79. The Balaban J connectivity index is 1.81. The fourth-order valence-electron chi connectivity index (χ4n) is 3.25. The lowest BCUT2D eigenvalue weighted by molar-refractivity contribution is -0.138. The molecule has 2 fully saturated rings. The first-order chi connectivity index (χ1) is 8.18. The number of likely N-dealkylation sites (tertiary alicyclic amines) is 1. The minimum Gasteiger partial charge on any atom is -0.342 e. The van der Waals surface area contributed by atoms with Gasteiger partial charge in [0.15, 0.2) is 0 Å². The van der Waals surface area contributed by atoms with Crippen LogP contribution in [0.2, 0.25) is 0 Å². The van der Waals surface area contributed by atoms with Gasteiger partial charge in [0, 0.05) is 25.0 Å². The van der Waals surface area contributed by atoms with E-state index in [1.165, 1.54) is 19.3 Å². The molecule has 3 nitrogen and oxygen atoms in total. The summed E-state index contributed by atoms with van der Waals surface area (Å²) in [6.45, 7) is 3.95. The second-order valence-corrected chi connectivity index (χ2v) is 5.86. The number of nitrogens with two attached hydrogens (primary N) is 1. The molecule has 0 spiro atoms. The number of nitrogens with zero attached hydrogens (tertiary/aromatic N) is 1. The molecule has 1 saturated heterocycles. The number of carbonyl (C=O) groups excluding carboxylic acids is 1. The van der Waals surface area contributed by atoms with Gasteiger partial charge in [-0.2, -0.15) is 0 Å². The van der Waals surface area contributed by atoms with Gasteiger partial charge in [0.05, 0.1) is 0 Å². The molecule has 0 aromatic rings. The summed E-state index contributed by atoms with van der Waals surface area (Å²) in [6.07, 6.45) is 8.22. The Morgan fingerprint density at radius 3 is 2.24 bits per heavy atom. The van der Waals surface area contributed by atoms with Crippen LogP contribution in [0.15, 0.2) is 0 Å². The number of hydrogen-bond donors (Lipinski definition) is 1. The lowest BCUT2D eigenvalue weighted by atomic mass is 9.86. The molecular formula is C14H26N2O. The molecule has 1 saturated carbocycles. The molecule has 0 aromatic carbocycles. The third kappa shape index (κ3) is 3.21. The summed E-state index contributed by atoms with van der Waals surface area (Å²) in [5.74, 6) is 1.37. The van der Waals surface area contributed by atoms with Crippen LogP contribution < -0.4 is 5.73 Å². The van der Waals surface area contributed by atoms with Gasteiger partial charge < -0.3 is 10.6 Å². The Labute approximate surface area is 105 Å². The standard InChI is InChI=1S/C14H26N2O/c1-11(15)12-7-9-16(10-8-12)14(17)13-5-3-2-4-6-13/h11-13H,2-10,15H2,1H3. The van der Waals surface area contributed by atoms with Gasteiger partial charge >= 0.3 is 0 Å². The molecule has 0 aromatic heterocycles. The summed E-state index contributed by atoms with van der Waals surface area (Å²) < 4.78 is 0. The lowest BCUT2D eigenvalue weighted by Crippen LogP contribution is -2.45. The van der Waals surface area contributed by atoms with Gasteiger partial charge in [0.25, 0.3) is 0 Å². The van der Waals surface area contributed by atoms with E-state index in [-0.39, 0.29) is 6.04 Å². The largest absolute Gasteiger partial charge is 0.342 e. The van der Waals surface area contributed by atoms with Crippen molar-refractivity contribution in [3.63, 3.8) is 0 Å². The summed E-state index contributed by atoms with van der Waals surface area (Å²) >= 11 is 0. The van der Waals surface area contributed by atoms with E-state index in [4.69, 9.17) is 5.73 Å². The maximum absolute atomic E-state index is 12.3. The molecule has 1 aliphatic carbocycles. The molecular weight excluding hydrogens is 212 g/mol. The summed E-state index contributed by atoms with van der Waals surface area (Å²) in [6, 6.07) is 0.280. The van der Waals surface area contributed by atoms with Crippen LogP contribution in [-0.4, -0.2) is 29.9 Å². The predicted octanol–water partition coefficient (Wildman–Crippen LogP) is 2.15. The van der Waals surface area contributed by atoms with E-state index in [9.17, 15) is 4.79 Å². The number of piperidine rings is 1. The van der Waals surface area contributed by atoms with Crippen molar-refractivity contribution in [1.29, 1.82) is 0 Å². The minimum atomic E-state index is 0.280. The van der Waals surface area contributed by atoms with E-state index in [0.29, 0.717) is 17.7 Å². The van der Waals surface area contributed by atoms with E-state index in [1.807, 2.05) is 0 Å². The Kier molecular flexibility index (Phi) is 4.43. The maximum atomic E-state index is 12.3. The van der Waals surface area contributed by atoms with Crippen molar-refractivity contribution in [2.24, 2.45) is 17.6 Å². The number of hydrogen-bond acceptors (Lipinski definition) is 2. The lowest BCUT2D eigenvalue weighted by Gasteiger charge is -2.36. The third-order valence-electron chi connectivity index (χ3n) is 4.55. The zero-order valence-corrected chi connectivity index (χ0v) is 11.0. The Hall–Kier alpha value is -0.570. The van der Waals surface area contributed by atoms with Crippen LogP contribution in [0.5, 0.6) is 0 Å². The first-order valence-electron chi connectivity index (χ1n) is 7.23. The molecule has 1 unspecified atom stereocenters. The van der Waals surface area contributed by atoms with Crippen LogP contribution in [0.1, 0.15) is 51.9 Å². The monoisotopic (exact) mass is 238 g/mol. The average Bonchev–Trinajstić information content (AvgIpc) is 2.39. The number of amides is 1. The van der Waals surface area contributed by atoms with E-state index in [1.54, 1.807) is 0 Å². The molecule has 1 amide bonds. The summed E-state index contributed by atoms with van der Waals surface area (Å²) in [4.78, 5) is 14.4. The van der Waals surface area contributed by atoms with Gasteiger partial charge in [-0.25, -0.2) is 0 Å². The highest BCUT2D eigenvalue weighted by atomic mass is 16.2. The molecule has 0 bridgehead atoms. The smallest absolute Gasteiger partial charge is 0.225 e. The highest BCUT2D eigenvalue weighted by Crippen LogP contribution is 2.27. The molecule has 2 aliphatic rings. The van der Waals surface area contributed by atoms with Gasteiger partial charge in [-0.15, -0.1) is 0 Å². The van der Waals surface area contributed by atoms with Gasteiger partial charge in [-0.3, -0.25) is 4.79 Å². The van der Waals surface area contributed by atoms with Crippen molar-refractivity contribution in [2.45, 2.75) is 57.9 Å².